The molecule has 0 atom stereocenters. The lowest BCUT2D eigenvalue weighted by atomic mass is 10.2. The fourth-order valence-electron chi connectivity index (χ4n) is 1.37. The van der Waals surface area contributed by atoms with E-state index in [0.29, 0.717) is 0 Å². The molecular formula is C12H11NO. The van der Waals surface area contributed by atoms with E-state index in [1.54, 1.807) is 0 Å². The molecule has 0 bridgehead atoms. The van der Waals surface area contributed by atoms with Crippen molar-refractivity contribution in [3.63, 3.8) is 0 Å². The molecule has 0 saturated carbocycles. The lowest BCUT2D eigenvalue weighted by Gasteiger charge is -1.89. The fourth-order valence-corrected chi connectivity index (χ4v) is 1.37. The third kappa shape index (κ3) is 1.77. The minimum Gasteiger partial charge on any atom is -0.441 e. The molecule has 0 N–H and O–H groups in total. The summed E-state index contributed by atoms with van der Waals surface area (Å²) in [5.74, 6) is 3.38. The van der Waals surface area contributed by atoms with E-state index in [9.17, 15) is 0 Å². The summed E-state index contributed by atoms with van der Waals surface area (Å²) in [6.07, 6.45) is 7.70. The van der Waals surface area contributed by atoms with Crippen LogP contribution in [0.25, 0.3) is 11.1 Å². The predicted molar refractivity (Wildman–Crippen MR) is 55.8 cm³/mol. The lowest BCUT2D eigenvalue weighted by Crippen LogP contribution is -1.83. The molecule has 1 aromatic carbocycles. The number of aromatic nitrogens is 1. The normalized spacial score (nSPS) is 10.2. The first-order chi connectivity index (χ1) is 6.90. The van der Waals surface area contributed by atoms with Crippen LogP contribution in [0.4, 0.5) is 0 Å². The van der Waals surface area contributed by atoms with Gasteiger partial charge in [0, 0.05) is 12.8 Å². The van der Waals surface area contributed by atoms with Crippen LogP contribution in [0.2, 0.25) is 0 Å². The van der Waals surface area contributed by atoms with Gasteiger partial charge in [0.25, 0.3) is 0 Å². The Bertz CT molecular complexity index is 431. The summed E-state index contributed by atoms with van der Waals surface area (Å²) < 4.78 is 5.53. The third-order valence-electron chi connectivity index (χ3n) is 2.05. The number of nitrogens with zero attached hydrogens (tertiary/aromatic N) is 1. The minimum atomic E-state index is 0.777. The second kappa shape index (κ2) is 3.97. The van der Waals surface area contributed by atoms with E-state index in [4.69, 9.17) is 10.8 Å². The molecule has 0 aliphatic heterocycles. The number of aryl methyl sites for hydroxylation is 1. The molecule has 1 heterocycles. The highest BCUT2D eigenvalue weighted by Gasteiger charge is 2.03. The minimum absolute atomic E-state index is 0.777. The number of rotatable bonds is 3. The van der Waals surface area contributed by atoms with Crippen LogP contribution in [0, 0.1) is 12.3 Å². The maximum absolute atomic E-state index is 5.53. The first-order valence-corrected chi connectivity index (χ1v) is 4.68. The zero-order chi connectivity index (χ0) is 9.80. The molecule has 0 fully saturated rings. The molecule has 14 heavy (non-hydrogen) atoms. The van der Waals surface area contributed by atoms with Crippen LogP contribution in [0.15, 0.2) is 28.7 Å². The number of para-hydroxylation sites is 2. The van der Waals surface area contributed by atoms with Gasteiger partial charge >= 0.3 is 0 Å². The Morgan fingerprint density at radius 2 is 2.21 bits per heavy atom. The van der Waals surface area contributed by atoms with E-state index < -0.39 is 0 Å². The number of oxazole rings is 1. The van der Waals surface area contributed by atoms with Crippen molar-refractivity contribution in [1.82, 2.24) is 4.98 Å². The molecule has 2 rings (SSSR count). The fraction of sp³-hybridized carbons (Fsp3) is 0.250. The van der Waals surface area contributed by atoms with Crippen LogP contribution in [-0.2, 0) is 6.42 Å². The highest BCUT2D eigenvalue weighted by atomic mass is 16.3. The van der Waals surface area contributed by atoms with Crippen LogP contribution >= 0.6 is 0 Å². The molecule has 0 saturated heterocycles. The number of hydrogen-bond acceptors (Lipinski definition) is 2. The van der Waals surface area contributed by atoms with Gasteiger partial charge in [0.05, 0.1) is 0 Å². The molecule has 1 aromatic heterocycles. The molecule has 0 spiro atoms. The maximum Gasteiger partial charge on any atom is 0.195 e. The highest BCUT2D eigenvalue weighted by Crippen LogP contribution is 2.15. The number of hydrogen-bond donors (Lipinski definition) is 0. The molecular weight excluding hydrogens is 174 g/mol. The van der Waals surface area contributed by atoms with Crippen molar-refractivity contribution in [2.24, 2.45) is 0 Å². The largest absolute Gasteiger partial charge is 0.441 e. The summed E-state index contributed by atoms with van der Waals surface area (Å²) in [5, 5.41) is 0. The quantitative estimate of drug-likeness (QED) is 0.543. The van der Waals surface area contributed by atoms with E-state index in [0.717, 1.165) is 36.3 Å². The van der Waals surface area contributed by atoms with E-state index in [-0.39, 0.29) is 0 Å². The van der Waals surface area contributed by atoms with Gasteiger partial charge in [-0.25, -0.2) is 4.98 Å². The summed E-state index contributed by atoms with van der Waals surface area (Å²) in [4.78, 5) is 4.35. The SMILES string of the molecule is C#CCCCc1nc2ccccc2o1. The second-order valence-electron chi connectivity index (χ2n) is 3.13. The number of fused-ring (bicyclic) bond motifs is 1. The zero-order valence-corrected chi connectivity index (χ0v) is 7.86. The van der Waals surface area contributed by atoms with Gasteiger partial charge in [-0.15, -0.1) is 12.3 Å². The van der Waals surface area contributed by atoms with Gasteiger partial charge in [0.15, 0.2) is 11.5 Å². The Hall–Kier alpha value is -1.75. The van der Waals surface area contributed by atoms with Gasteiger partial charge in [-0.05, 0) is 18.6 Å². The molecule has 0 aliphatic rings. The molecule has 0 unspecified atom stereocenters. The third-order valence-corrected chi connectivity index (χ3v) is 2.05. The van der Waals surface area contributed by atoms with Gasteiger partial charge in [-0.3, -0.25) is 0 Å². The first-order valence-electron chi connectivity index (χ1n) is 4.68. The van der Waals surface area contributed by atoms with E-state index in [1.807, 2.05) is 24.3 Å². The Labute approximate surface area is 83.0 Å². The molecule has 2 nitrogen and oxygen atoms in total. The van der Waals surface area contributed by atoms with Gasteiger partial charge in [-0.2, -0.15) is 0 Å². The summed E-state index contributed by atoms with van der Waals surface area (Å²) in [6.45, 7) is 0. The van der Waals surface area contributed by atoms with Crippen LogP contribution in [0.3, 0.4) is 0 Å². The molecule has 2 aromatic rings. The standard InChI is InChI=1S/C12H11NO/c1-2-3-4-9-12-13-10-7-5-6-8-11(10)14-12/h1,5-8H,3-4,9H2. The Kier molecular flexibility index (Phi) is 2.51. The average molecular weight is 185 g/mol. The number of benzene rings is 1. The first kappa shape index (κ1) is 8.83. The average Bonchev–Trinajstić information content (AvgIpc) is 2.60. The maximum atomic E-state index is 5.53. The van der Waals surface area contributed by atoms with E-state index >= 15 is 0 Å². The number of unbranched alkanes of at least 4 members (excludes halogenated alkanes) is 1. The summed E-state index contributed by atoms with van der Waals surface area (Å²) in [5.41, 5.74) is 1.77. The number of terminal acetylenes is 1. The van der Waals surface area contributed by atoms with Crippen molar-refractivity contribution in [3.05, 3.63) is 30.2 Å². The van der Waals surface area contributed by atoms with Gasteiger partial charge in [0.2, 0.25) is 0 Å². The lowest BCUT2D eigenvalue weighted by molar-refractivity contribution is 0.521. The van der Waals surface area contributed by atoms with E-state index in [2.05, 4.69) is 10.9 Å². The summed E-state index contributed by atoms with van der Waals surface area (Å²) in [7, 11) is 0. The summed E-state index contributed by atoms with van der Waals surface area (Å²) >= 11 is 0. The monoisotopic (exact) mass is 185 g/mol. The van der Waals surface area contributed by atoms with Crippen LogP contribution in [0.1, 0.15) is 18.7 Å². The van der Waals surface area contributed by atoms with Gasteiger partial charge in [-0.1, -0.05) is 12.1 Å². The van der Waals surface area contributed by atoms with E-state index in [1.165, 1.54) is 0 Å². The van der Waals surface area contributed by atoms with Crippen molar-refractivity contribution >= 4 is 11.1 Å². The topological polar surface area (TPSA) is 26.0 Å². The molecule has 0 aliphatic carbocycles. The van der Waals surface area contributed by atoms with Crippen LogP contribution < -0.4 is 0 Å². The summed E-state index contributed by atoms with van der Waals surface area (Å²) in [6, 6.07) is 7.77. The molecule has 2 heteroatoms. The molecule has 0 radical (unpaired) electrons. The predicted octanol–water partition coefficient (Wildman–Crippen LogP) is 2.78. The van der Waals surface area contributed by atoms with Gasteiger partial charge in [0.1, 0.15) is 5.52 Å². The second-order valence-corrected chi connectivity index (χ2v) is 3.13. The van der Waals surface area contributed by atoms with Gasteiger partial charge < -0.3 is 4.42 Å². The van der Waals surface area contributed by atoms with Crippen LogP contribution in [-0.4, -0.2) is 4.98 Å². The molecule has 70 valence electrons. The Balaban J connectivity index is 2.15. The smallest absolute Gasteiger partial charge is 0.195 e. The molecule has 0 amide bonds. The van der Waals surface area contributed by atoms with Crippen molar-refractivity contribution in [2.45, 2.75) is 19.3 Å². The Morgan fingerprint density at radius 3 is 3.00 bits per heavy atom. The van der Waals surface area contributed by atoms with Crippen LogP contribution in [0.5, 0.6) is 0 Å². The highest BCUT2D eigenvalue weighted by molar-refractivity contribution is 5.72. The van der Waals surface area contributed by atoms with Crippen molar-refractivity contribution in [1.29, 1.82) is 0 Å². The van der Waals surface area contributed by atoms with Crippen molar-refractivity contribution in [3.8, 4) is 12.3 Å². The zero-order valence-electron chi connectivity index (χ0n) is 7.86. The Morgan fingerprint density at radius 1 is 1.36 bits per heavy atom. The van der Waals surface area contributed by atoms with Crippen molar-refractivity contribution < 1.29 is 4.42 Å². The van der Waals surface area contributed by atoms with Crippen molar-refractivity contribution in [2.75, 3.05) is 0 Å².